The van der Waals surface area contributed by atoms with Crippen LogP contribution in [0.5, 0.6) is 5.75 Å². The first-order chi connectivity index (χ1) is 17.1. The number of unbranched alkanes of at least 4 members (excludes halogenated alkanes) is 1. The molecule has 202 valence electrons. The van der Waals surface area contributed by atoms with Gasteiger partial charge in [-0.3, -0.25) is 14.4 Å². The molecule has 12 nitrogen and oxygen atoms in total. The number of nitrogens with one attached hydrogen (secondary N) is 3. The van der Waals surface area contributed by atoms with E-state index in [4.69, 9.17) is 16.6 Å². The Hall–Kier alpha value is -2.87. The lowest BCUT2D eigenvalue weighted by Crippen LogP contribution is -2.58. The van der Waals surface area contributed by atoms with E-state index in [1.165, 1.54) is 23.9 Å². The monoisotopic (exact) mass is 527 g/mol. The van der Waals surface area contributed by atoms with Crippen LogP contribution < -0.4 is 27.4 Å². The van der Waals surface area contributed by atoms with Gasteiger partial charge in [-0.1, -0.05) is 12.1 Å². The molecule has 0 spiro atoms. The number of hydrogen-bond donors (Lipinski definition) is 8. The Labute approximate surface area is 214 Å². The van der Waals surface area contributed by atoms with E-state index in [0.717, 1.165) is 0 Å². The third-order valence-corrected chi connectivity index (χ3v) is 5.99. The zero-order valence-corrected chi connectivity index (χ0v) is 21.1. The minimum absolute atomic E-state index is 0.00629. The summed E-state index contributed by atoms with van der Waals surface area (Å²) < 4.78 is 0. The van der Waals surface area contributed by atoms with Gasteiger partial charge in [0.15, 0.2) is 0 Å². The third kappa shape index (κ3) is 11.2. The first kappa shape index (κ1) is 31.2. The summed E-state index contributed by atoms with van der Waals surface area (Å²) in [6, 6.07) is 1.41. The Kier molecular flexibility index (Phi) is 14.5. The summed E-state index contributed by atoms with van der Waals surface area (Å²) in [4.78, 5) is 50.1. The van der Waals surface area contributed by atoms with Gasteiger partial charge in [-0.05, 0) is 61.9 Å². The van der Waals surface area contributed by atoms with Crippen molar-refractivity contribution in [2.45, 2.75) is 56.3 Å². The number of thioether (sulfide) groups is 1. The number of carboxylic acid groups (broad SMARTS) is 1. The van der Waals surface area contributed by atoms with Crippen LogP contribution in [0.25, 0.3) is 0 Å². The van der Waals surface area contributed by atoms with Gasteiger partial charge in [0.1, 0.15) is 29.9 Å². The Bertz CT molecular complexity index is 856. The minimum Gasteiger partial charge on any atom is -0.508 e. The molecule has 0 heterocycles. The summed E-state index contributed by atoms with van der Waals surface area (Å²) >= 11 is 1.44. The van der Waals surface area contributed by atoms with E-state index >= 15 is 0 Å². The number of carbonyl (C=O) groups is 4. The minimum atomic E-state index is -1.22. The number of carboxylic acids is 1. The van der Waals surface area contributed by atoms with Crippen LogP contribution in [0.1, 0.15) is 31.2 Å². The van der Waals surface area contributed by atoms with E-state index in [1.807, 2.05) is 6.26 Å². The molecule has 1 aromatic carbocycles. The molecule has 10 N–H and O–H groups in total. The lowest BCUT2D eigenvalue weighted by atomic mass is 10.0. The van der Waals surface area contributed by atoms with E-state index in [9.17, 15) is 29.4 Å². The fourth-order valence-electron chi connectivity index (χ4n) is 3.24. The second-order valence-electron chi connectivity index (χ2n) is 8.25. The van der Waals surface area contributed by atoms with Crippen molar-refractivity contribution in [2.75, 3.05) is 25.2 Å². The van der Waals surface area contributed by atoms with Gasteiger partial charge in [0.2, 0.25) is 17.7 Å². The van der Waals surface area contributed by atoms with E-state index in [-0.39, 0.29) is 25.0 Å². The number of amides is 3. The molecule has 3 amide bonds. The molecule has 0 radical (unpaired) electrons. The molecule has 0 aromatic heterocycles. The first-order valence-electron chi connectivity index (χ1n) is 11.6. The first-order valence-corrected chi connectivity index (χ1v) is 13.0. The SMILES string of the molecule is CSCCC(NC(=O)C(Cc1ccc(O)cc1)NC(=O)C(CCCCN)NC(=O)C(N)CO)C(=O)O. The number of rotatable bonds is 17. The molecule has 4 atom stereocenters. The Morgan fingerprint density at radius 1 is 0.917 bits per heavy atom. The zero-order valence-electron chi connectivity index (χ0n) is 20.3. The van der Waals surface area contributed by atoms with Crippen molar-refractivity contribution < 1.29 is 34.5 Å². The maximum absolute atomic E-state index is 13.1. The predicted octanol–water partition coefficient (Wildman–Crippen LogP) is -1.32. The molecule has 0 aliphatic heterocycles. The van der Waals surface area contributed by atoms with E-state index in [2.05, 4.69) is 16.0 Å². The molecule has 0 fully saturated rings. The van der Waals surface area contributed by atoms with Gasteiger partial charge in [-0.2, -0.15) is 11.8 Å². The Balaban J connectivity index is 3.12. The van der Waals surface area contributed by atoms with Crippen LogP contribution in [0.2, 0.25) is 0 Å². The van der Waals surface area contributed by atoms with Gasteiger partial charge < -0.3 is 42.7 Å². The van der Waals surface area contributed by atoms with Crippen molar-refractivity contribution in [2.24, 2.45) is 11.5 Å². The largest absolute Gasteiger partial charge is 0.508 e. The van der Waals surface area contributed by atoms with Crippen molar-refractivity contribution in [3.63, 3.8) is 0 Å². The smallest absolute Gasteiger partial charge is 0.326 e. The van der Waals surface area contributed by atoms with Crippen LogP contribution in [-0.2, 0) is 25.6 Å². The molecule has 36 heavy (non-hydrogen) atoms. The van der Waals surface area contributed by atoms with Crippen LogP contribution in [0.3, 0.4) is 0 Å². The van der Waals surface area contributed by atoms with Crippen molar-refractivity contribution in [3.8, 4) is 5.75 Å². The van der Waals surface area contributed by atoms with Gasteiger partial charge in [0, 0.05) is 6.42 Å². The fourth-order valence-corrected chi connectivity index (χ4v) is 3.71. The number of benzene rings is 1. The number of aliphatic hydroxyl groups excluding tert-OH is 1. The standard InChI is InChI=1S/C23H37N5O7S/c1-36-11-9-18(23(34)35)27-22(33)19(12-14-5-7-15(30)8-6-14)28-21(32)17(4-2-3-10-24)26-20(31)16(25)13-29/h5-8,16-19,29-30H,2-4,9-13,24-25H2,1H3,(H,26,31)(H,27,33)(H,28,32)(H,34,35). The lowest BCUT2D eigenvalue weighted by molar-refractivity contribution is -0.142. The molecule has 0 saturated carbocycles. The molecule has 13 heteroatoms. The second-order valence-corrected chi connectivity index (χ2v) is 9.23. The van der Waals surface area contributed by atoms with Gasteiger partial charge in [0.05, 0.1) is 6.61 Å². The van der Waals surface area contributed by atoms with Gasteiger partial charge in [-0.15, -0.1) is 0 Å². The van der Waals surface area contributed by atoms with Crippen LogP contribution in [0, 0.1) is 0 Å². The maximum atomic E-state index is 13.1. The topological polar surface area (TPSA) is 217 Å². The zero-order chi connectivity index (χ0) is 27.1. The van der Waals surface area contributed by atoms with Crippen molar-refractivity contribution >= 4 is 35.5 Å². The molecule has 0 bridgehead atoms. The lowest BCUT2D eigenvalue weighted by Gasteiger charge is -2.25. The van der Waals surface area contributed by atoms with Crippen molar-refractivity contribution in [3.05, 3.63) is 29.8 Å². The highest BCUT2D eigenvalue weighted by molar-refractivity contribution is 7.98. The van der Waals surface area contributed by atoms with E-state index < -0.39 is 54.5 Å². The number of phenolic OH excluding ortho intramolecular Hbond substituents is 1. The summed E-state index contributed by atoms with van der Waals surface area (Å²) in [7, 11) is 0. The summed E-state index contributed by atoms with van der Waals surface area (Å²) in [5, 5.41) is 35.7. The molecule has 0 aliphatic carbocycles. The summed E-state index contributed by atoms with van der Waals surface area (Å²) in [5.74, 6) is -2.77. The number of hydrogen-bond acceptors (Lipinski definition) is 9. The third-order valence-electron chi connectivity index (χ3n) is 5.35. The number of aromatic hydroxyl groups is 1. The molecular weight excluding hydrogens is 490 g/mol. The number of phenols is 1. The molecule has 1 rings (SSSR count). The Morgan fingerprint density at radius 3 is 2.06 bits per heavy atom. The Morgan fingerprint density at radius 2 is 1.50 bits per heavy atom. The highest BCUT2D eigenvalue weighted by Crippen LogP contribution is 2.12. The number of nitrogens with two attached hydrogens (primary N) is 2. The van der Waals surface area contributed by atoms with Gasteiger partial charge >= 0.3 is 5.97 Å². The van der Waals surface area contributed by atoms with Crippen LogP contribution in [-0.4, -0.2) is 88.3 Å². The average Bonchev–Trinajstić information content (AvgIpc) is 2.85. The molecule has 1 aromatic rings. The highest BCUT2D eigenvalue weighted by Gasteiger charge is 2.30. The number of aliphatic carboxylic acids is 1. The van der Waals surface area contributed by atoms with E-state index in [0.29, 0.717) is 30.7 Å². The fraction of sp³-hybridized carbons (Fsp3) is 0.565. The summed E-state index contributed by atoms with van der Waals surface area (Å²) in [6.07, 6.45) is 3.33. The molecule has 0 saturated heterocycles. The molecule has 0 aliphatic rings. The predicted molar refractivity (Wildman–Crippen MR) is 136 cm³/mol. The van der Waals surface area contributed by atoms with E-state index in [1.54, 1.807) is 12.1 Å². The summed E-state index contributed by atoms with van der Waals surface area (Å²) in [6.45, 7) is -0.224. The second kappa shape index (κ2) is 16.7. The maximum Gasteiger partial charge on any atom is 0.326 e. The number of aliphatic hydroxyl groups is 1. The average molecular weight is 528 g/mol. The quantitative estimate of drug-likeness (QED) is 0.112. The van der Waals surface area contributed by atoms with Crippen LogP contribution in [0.4, 0.5) is 0 Å². The molecule has 4 unspecified atom stereocenters. The van der Waals surface area contributed by atoms with Gasteiger partial charge in [0.25, 0.3) is 0 Å². The number of carbonyl (C=O) groups excluding carboxylic acids is 3. The summed E-state index contributed by atoms with van der Waals surface area (Å²) in [5.41, 5.74) is 11.7. The highest BCUT2D eigenvalue weighted by atomic mass is 32.2. The van der Waals surface area contributed by atoms with Gasteiger partial charge in [-0.25, -0.2) is 4.79 Å². The van der Waals surface area contributed by atoms with Crippen LogP contribution in [0.15, 0.2) is 24.3 Å². The van der Waals surface area contributed by atoms with Crippen molar-refractivity contribution in [1.82, 2.24) is 16.0 Å². The normalized spacial score (nSPS) is 14.2. The van der Waals surface area contributed by atoms with Crippen LogP contribution >= 0.6 is 11.8 Å². The molecular formula is C23H37N5O7S. The van der Waals surface area contributed by atoms with Crippen molar-refractivity contribution in [1.29, 1.82) is 0 Å².